The molecule has 0 amide bonds. The largest absolute Gasteiger partial charge is 0.543 e. The molecule has 0 aliphatic heterocycles. The summed E-state index contributed by atoms with van der Waals surface area (Å²) >= 11 is 0. The minimum atomic E-state index is -4.05. The number of esters is 1. The van der Waals surface area contributed by atoms with Gasteiger partial charge in [0.15, 0.2) is 5.69 Å². The summed E-state index contributed by atoms with van der Waals surface area (Å²) < 4.78 is 47.8. The Balaban J connectivity index is 2.11. The molecule has 4 aromatic rings. The number of carbonyl (C=O) groups excluding carboxylic acids is 1. The number of hydrogen-bond donors (Lipinski definition) is 0. The second-order valence-electron chi connectivity index (χ2n) is 12.4. The summed E-state index contributed by atoms with van der Waals surface area (Å²) in [6.07, 6.45) is 1.08. The van der Waals surface area contributed by atoms with Crippen LogP contribution >= 0.6 is 0 Å². The van der Waals surface area contributed by atoms with Gasteiger partial charge in [0.2, 0.25) is 0 Å². The van der Waals surface area contributed by atoms with Crippen molar-refractivity contribution in [1.29, 1.82) is 0 Å². The summed E-state index contributed by atoms with van der Waals surface area (Å²) in [6.45, 7) is 18.8. The van der Waals surface area contributed by atoms with Crippen molar-refractivity contribution in [2.24, 2.45) is 0 Å². The van der Waals surface area contributed by atoms with Crippen LogP contribution in [0, 0.1) is 6.92 Å². The molecule has 2 aromatic carbocycles. The lowest BCUT2D eigenvalue weighted by atomic mass is 10.1. The molecule has 2 heterocycles. The summed E-state index contributed by atoms with van der Waals surface area (Å²) in [5.41, 5.74) is 3.35. The number of aromatic nitrogens is 2. The van der Waals surface area contributed by atoms with Crippen LogP contribution in [0.3, 0.4) is 0 Å². The Hall–Kier alpha value is -3.21. The van der Waals surface area contributed by atoms with Crippen molar-refractivity contribution in [3.05, 3.63) is 65.5 Å². The lowest BCUT2D eigenvalue weighted by Crippen LogP contribution is -2.50. The summed E-state index contributed by atoms with van der Waals surface area (Å²) in [6, 6.07) is 12.3. The van der Waals surface area contributed by atoms with Gasteiger partial charge in [0.25, 0.3) is 18.3 Å². The Bertz CT molecular complexity index is 1720. The van der Waals surface area contributed by atoms with Gasteiger partial charge in [-0.05, 0) is 67.7 Å². The van der Waals surface area contributed by atoms with E-state index in [4.69, 9.17) is 13.9 Å². The molecule has 10 heteroatoms. The summed E-state index contributed by atoms with van der Waals surface area (Å²) in [7, 11) is -4.84. The average Bonchev–Trinajstić information content (AvgIpc) is 3.26. The number of rotatable bonds is 11. The van der Waals surface area contributed by atoms with Crippen LogP contribution < -0.4 is 4.43 Å². The third kappa shape index (κ3) is 5.84. The molecule has 4 rings (SSSR count). The monoisotopic (exact) mass is 624 g/mol. The number of aryl methyl sites for hydroxylation is 1. The zero-order valence-corrected chi connectivity index (χ0v) is 28.7. The van der Waals surface area contributed by atoms with Crippen molar-refractivity contribution in [3.63, 3.8) is 0 Å². The molecule has 8 nitrogen and oxygen atoms in total. The Kier molecular flexibility index (Phi) is 9.44. The van der Waals surface area contributed by atoms with Crippen LogP contribution in [0.1, 0.15) is 77.0 Å². The zero-order valence-electron chi connectivity index (χ0n) is 26.9. The highest BCUT2D eigenvalue weighted by atomic mass is 32.2. The minimum absolute atomic E-state index is 0.0321. The van der Waals surface area contributed by atoms with Gasteiger partial charge in [-0.25, -0.2) is 22.2 Å². The smallest absolute Gasteiger partial charge is 0.357 e. The van der Waals surface area contributed by atoms with Crippen LogP contribution in [0.15, 0.2) is 53.6 Å². The van der Waals surface area contributed by atoms with E-state index in [1.165, 1.54) is 17.3 Å². The standard InChI is InChI=1S/C33H44N2O6SSi/c1-20(2)40-33(36)32-28(19-39-10)31-27-17-25(41-43(21(3)4,22(5)6)23(7)8)13-16-29(27)35(30(31)18-34-32)42(37,38)26-14-11-24(9)12-15-26/h11-18,20-23H,19H2,1-10H3. The van der Waals surface area contributed by atoms with Crippen LogP contribution in [-0.2, 0) is 26.1 Å². The molecular formula is C33H44N2O6SSi. The molecule has 0 aliphatic carbocycles. The molecule has 2 aromatic heterocycles. The summed E-state index contributed by atoms with van der Waals surface area (Å²) in [5.74, 6) is 0.0815. The molecule has 0 radical (unpaired) electrons. The third-order valence-electron chi connectivity index (χ3n) is 8.22. The van der Waals surface area contributed by atoms with E-state index in [1.54, 1.807) is 44.2 Å². The molecule has 0 spiro atoms. The van der Waals surface area contributed by atoms with Crippen LogP contribution in [-0.4, -0.2) is 44.9 Å². The Morgan fingerprint density at radius 3 is 2.05 bits per heavy atom. The molecule has 0 N–H and O–H groups in total. The van der Waals surface area contributed by atoms with Gasteiger partial charge in [0.05, 0.1) is 34.8 Å². The SMILES string of the molecule is COCc1c(C(=O)OC(C)C)ncc2c1c1cc(O[Si](C(C)C)(C(C)C)C(C)C)ccc1n2S(=O)(=O)c1ccc(C)cc1. The van der Waals surface area contributed by atoms with E-state index in [0.29, 0.717) is 49.7 Å². The molecular weight excluding hydrogens is 581 g/mol. The molecule has 0 saturated heterocycles. The number of ether oxygens (including phenoxy) is 2. The van der Waals surface area contributed by atoms with Gasteiger partial charge in [-0.1, -0.05) is 59.2 Å². The van der Waals surface area contributed by atoms with Crippen molar-refractivity contribution in [3.8, 4) is 5.75 Å². The maximum atomic E-state index is 14.2. The van der Waals surface area contributed by atoms with E-state index < -0.39 is 24.3 Å². The van der Waals surface area contributed by atoms with Crippen LogP contribution in [0.2, 0.25) is 16.6 Å². The second-order valence-corrected chi connectivity index (χ2v) is 19.6. The topological polar surface area (TPSA) is 96.7 Å². The molecule has 43 heavy (non-hydrogen) atoms. The number of benzene rings is 2. The van der Waals surface area contributed by atoms with E-state index in [-0.39, 0.29) is 23.3 Å². The predicted molar refractivity (Wildman–Crippen MR) is 174 cm³/mol. The van der Waals surface area contributed by atoms with E-state index in [2.05, 4.69) is 46.5 Å². The number of methoxy groups -OCH3 is 1. The fourth-order valence-electron chi connectivity index (χ4n) is 6.44. The maximum absolute atomic E-state index is 14.2. The zero-order chi connectivity index (χ0) is 31.9. The number of pyridine rings is 1. The first-order valence-electron chi connectivity index (χ1n) is 14.8. The number of nitrogens with zero attached hydrogens (tertiary/aromatic N) is 2. The Morgan fingerprint density at radius 1 is 0.907 bits per heavy atom. The van der Waals surface area contributed by atoms with Crippen LogP contribution in [0.4, 0.5) is 0 Å². The van der Waals surface area contributed by atoms with Crippen molar-refractivity contribution in [2.75, 3.05) is 7.11 Å². The van der Waals surface area contributed by atoms with E-state index in [0.717, 1.165) is 5.56 Å². The van der Waals surface area contributed by atoms with Gasteiger partial charge in [-0.3, -0.25) is 0 Å². The molecule has 0 bridgehead atoms. The van der Waals surface area contributed by atoms with Crippen molar-refractivity contribution in [2.45, 2.75) is 96.5 Å². The fourth-order valence-corrected chi connectivity index (χ4v) is 13.2. The van der Waals surface area contributed by atoms with Crippen molar-refractivity contribution < 1.29 is 27.1 Å². The lowest BCUT2D eigenvalue weighted by molar-refractivity contribution is 0.0366. The van der Waals surface area contributed by atoms with E-state index in [1.807, 2.05) is 19.1 Å². The van der Waals surface area contributed by atoms with Gasteiger partial charge in [-0.15, -0.1) is 0 Å². The quantitative estimate of drug-likeness (QED) is 0.123. The molecule has 0 saturated carbocycles. The molecule has 232 valence electrons. The minimum Gasteiger partial charge on any atom is -0.543 e. The second kappa shape index (κ2) is 12.4. The fraction of sp³-hybridized carbons (Fsp3) is 0.455. The van der Waals surface area contributed by atoms with Gasteiger partial charge < -0.3 is 13.9 Å². The Morgan fingerprint density at radius 2 is 1.51 bits per heavy atom. The highest BCUT2D eigenvalue weighted by Crippen LogP contribution is 2.44. The highest BCUT2D eigenvalue weighted by molar-refractivity contribution is 7.90. The van der Waals surface area contributed by atoms with E-state index in [9.17, 15) is 13.2 Å². The van der Waals surface area contributed by atoms with Gasteiger partial charge >= 0.3 is 5.97 Å². The molecule has 0 aliphatic rings. The van der Waals surface area contributed by atoms with Crippen molar-refractivity contribution in [1.82, 2.24) is 8.96 Å². The average molecular weight is 625 g/mol. The molecule has 0 unspecified atom stereocenters. The first-order valence-corrected chi connectivity index (χ1v) is 18.4. The van der Waals surface area contributed by atoms with Gasteiger partial charge in [0, 0.05) is 23.4 Å². The lowest BCUT2D eigenvalue weighted by Gasteiger charge is -2.42. The highest BCUT2D eigenvalue weighted by Gasteiger charge is 2.47. The number of hydrogen-bond acceptors (Lipinski definition) is 7. The number of carbonyl (C=O) groups is 1. The van der Waals surface area contributed by atoms with Crippen LogP contribution in [0.25, 0.3) is 21.8 Å². The van der Waals surface area contributed by atoms with E-state index >= 15 is 0 Å². The first-order chi connectivity index (χ1) is 20.2. The van der Waals surface area contributed by atoms with Crippen molar-refractivity contribution >= 4 is 46.1 Å². The third-order valence-corrected chi connectivity index (χ3v) is 16.0. The summed E-state index contributed by atoms with van der Waals surface area (Å²) in [4.78, 5) is 17.8. The first kappa shape index (κ1) is 32.7. The molecule has 0 fully saturated rings. The number of fused-ring (bicyclic) bond motifs is 3. The summed E-state index contributed by atoms with van der Waals surface area (Å²) in [5, 5.41) is 1.20. The Labute approximate surface area is 256 Å². The van der Waals surface area contributed by atoms with Gasteiger partial charge in [0.1, 0.15) is 5.75 Å². The normalized spacial score (nSPS) is 12.8. The predicted octanol–water partition coefficient (Wildman–Crippen LogP) is 8.00. The molecule has 0 atom stereocenters. The maximum Gasteiger partial charge on any atom is 0.357 e. The van der Waals surface area contributed by atoms with Crippen LogP contribution in [0.5, 0.6) is 5.75 Å². The van der Waals surface area contributed by atoms with Gasteiger partial charge in [-0.2, -0.15) is 0 Å².